The summed E-state index contributed by atoms with van der Waals surface area (Å²) in [6.45, 7) is 3.38. The third kappa shape index (κ3) is 4.05. The zero-order valence-electron chi connectivity index (χ0n) is 16.5. The maximum Gasteiger partial charge on any atom is 0.303 e. The van der Waals surface area contributed by atoms with Gasteiger partial charge in [-0.25, -0.2) is 4.98 Å². The fraction of sp³-hybridized carbons (Fsp3) is 0.591. The van der Waals surface area contributed by atoms with Crippen LogP contribution in [0.15, 0.2) is 18.2 Å². The third-order valence-corrected chi connectivity index (χ3v) is 6.49. The molecule has 2 N–H and O–H groups in total. The van der Waals surface area contributed by atoms with E-state index in [1.54, 1.807) is 0 Å². The molecule has 0 bridgehead atoms. The number of likely N-dealkylation sites (tertiary alicyclic amines) is 1. The number of benzene rings is 1. The lowest BCUT2D eigenvalue weighted by Crippen LogP contribution is -2.46. The first-order valence-corrected chi connectivity index (χ1v) is 10.5. The van der Waals surface area contributed by atoms with Gasteiger partial charge in [-0.2, -0.15) is 0 Å². The van der Waals surface area contributed by atoms with Crippen molar-refractivity contribution >= 4 is 22.9 Å². The van der Waals surface area contributed by atoms with Crippen molar-refractivity contribution in [3.8, 4) is 0 Å². The minimum atomic E-state index is -0.759. The zero-order chi connectivity index (χ0) is 19.7. The van der Waals surface area contributed by atoms with Crippen LogP contribution in [0.5, 0.6) is 0 Å². The molecule has 0 spiro atoms. The first kappa shape index (κ1) is 19.0. The van der Waals surface area contributed by atoms with Crippen molar-refractivity contribution in [3.05, 3.63) is 29.6 Å². The highest BCUT2D eigenvalue weighted by atomic mass is 16.4. The molecule has 2 aliphatic rings. The number of imidazole rings is 1. The number of nitrogens with zero attached hydrogens (tertiary/aromatic N) is 2. The molecule has 1 amide bonds. The molecule has 6 nitrogen and oxygen atoms in total. The lowest BCUT2D eigenvalue weighted by atomic mass is 9.80. The molecule has 28 heavy (non-hydrogen) atoms. The lowest BCUT2D eigenvalue weighted by molar-refractivity contribution is -0.141. The molecule has 150 valence electrons. The molecule has 2 aromatic rings. The number of carbonyl (C=O) groups excluding carboxylic acids is 1. The first-order valence-electron chi connectivity index (χ1n) is 10.5. The summed E-state index contributed by atoms with van der Waals surface area (Å²) < 4.78 is 0. The second-order valence-electron chi connectivity index (χ2n) is 8.58. The summed E-state index contributed by atoms with van der Waals surface area (Å²) in [6.07, 6.45) is 5.90. The number of H-pyrrole nitrogens is 1. The summed E-state index contributed by atoms with van der Waals surface area (Å²) in [5.74, 6) is 0.779. The van der Waals surface area contributed by atoms with Crippen LogP contribution in [0, 0.1) is 24.7 Å². The van der Waals surface area contributed by atoms with Gasteiger partial charge in [0.2, 0.25) is 5.91 Å². The van der Waals surface area contributed by atoms with Crippen molar-refractivity contribution < 1.29 is 14.7 Å². The van der Waals surface area contributed by atoms with Crippen LogP contribution in [0.4, 0.5) is 0 Å². The number of carboxylic acid groups (broad SMARTS) is 1. The van der Waals surface area contributed by atoms with Crippen molar-refractivity contribution in [1.82, 2.24) is 14.9 Å². The van der Waals surface area contributed by atoms with Gasteiger partial charge in [0.25, 0.3) is 0 Å². The average Bonchev–Trinajstić information content (AvgIpc) is 3.31. The van der Waals surface area contributed by atoms with Crippen LogP contribution in [0.25, 0.3) is 11.0 Å². The van der Waals surface area contributed by atoms with Crippen molar-refractivity contribution in [1.29, 1.82) is 0 Å². The number of aromatic nitrogens is 2. The number of nitrogens with one attached hydrogen (secondary N) is 1. The summed E-state index contributed by atoms with van der Waals surface area (Å²) in [5.41, 5.74) is 3.13. The Labute approximate surface area is 165 Å². The molecular weight excluding hydrogens is 354 g/mol. The summed E-state index contributed by atoms with van der Waals surface area (Å²) in [5, 5.41) is 9.34. The molecule has 1 aromatic heterocycles. The van der Waals surface area contributed by atoms with Crippen LogP contribution in [0.3, 0.4) is 0 Å². The van der Waals surface area contributed by atoms with E-state index in [-0.39, 0.29) is 30.1 Å². The second-order valence-corrected chi connectivity index (χ2v) is 8.58. The topological polar surface area (TPSA) is 86.3 Å². The van der Waals surface area contributed by atoms with Crippen LogP contribution in [-0.2, 0) is 16.0 Å². The normalized spacial score (nSPS) is 23.4. The Kier molecular flexibility index (Phi) is 5.38. The number of carboxylic acids is 1. The number of piperidine rings is 1. The number of carbonyl (C=O) groups is 2. The van der Waals surface area contributed by atoms with Gasteiger partial charge in [0.1, 0.15) is 5.82 Å². The number of aryl methyl sites for hydroxylation is 1. The predicted octanol–water partition coefficient (Wildman–Crippen LogP) is 3.54. The van der Waals surface area contributed by atoms with Gasteiger partial charge in [-0.05, 0) is 55.7 Å². The van der Waals surface area contributed by atoms with Crippen LogP contribution < -0.4 is 0 Å². The van der Waals surface area contributed by atoms with Gasteiger partial charge in [0.15, 0.2) is 0 Å². The SMILES string of the molecule is Cc1ccc2nc(CC3CN(C(=O)C4CCCC4)CCC3CC(=O)O)[nH]c2c1. The maximum absolute atomic E-state index is 12.9. The fourth-order valence-corrected chi connectivity index (χ4v) is 4.96. The third-order valence-electron chi connectivity index (χ3n) is 6.49. The van der Waals surface area contributed by atoms with Gasteiger partial charge in [-0.15, -0.1) is 0 Å². The van der Waals surface area contributed by atoms with E-state index in [2.05, 4.69) is 18.0 Å². The van der Waals surface area contributed by atoms with Gasteiger partial charge >= 0.3 is 5.97 Å². The van der Waals surface area contributed by atoms with E-state index in [4.69, 9.17) is 4.98 Å². The Morgan fingerprint density at radius 3 is 2.75 bits per heavy atom. The van der Waals surface area contributed by atoms with Gasteiger partial charge in [0.05, 0.1) is 11.0 Å². The maximum atomic E-state index is 12.9. The van der Waals surface area contributed by atoms with Crippen molar-refractivity contribution in [2.45, 2.75) is 51.9 Å². The molecule has 1 aliphatic carbocycles. The highest BCUT2D eigenvalue weighted by Gasteiger charge is 2.36. The highest BCUT2D eigenvalue weighted by molar-refractivity contribution is 5.79. The van der Waals surface area contributed by atoms with Crippen LogP contribution in [0.1, 0.15) is 49.9 Å². The number of aliphatic carboxylic acids is 1. The Balaban J connectivity index is 1.51. The predicted molar refractivity (Wildman–Crippen MR) is 107 cm³/mol. The Morgan fingerprint density at radius 2 is 2.00 bits per heavy atom. The van der Waals surface area contributed by atoms with Gasteiger partial charge < -0.3 is 15.0 Å². The quantitative estimate of drug-likeness (QED) is 0.827. The average molecular weight is 383 g/mol. The van der Waals surface area contributed by atoms with E-state index in [1.165, 1.54) is 5.56 Å². The summed E-state index contributed by atoms with van der Waals surface area (Å²) >= 11 is 0. The summed E-state index contributed by atoms with van der Waals surface area (Å²) in [6, 6.07) is 6.14. The number of hydrogen-bond donors (Lipinski definition) is 2. The number of rotatable bonds is 5. The standard InChI is InChI=1S/C22H29N3O3/c1-14-6-7-18-19(10-14)24-20(23-18)11-17-13-25(9-8-16(17)12-21(26)27)22(28)15-4-2-3-5-15/h6-7,10,15-17H,2-5,8-9,11-13H2,1H3,(H,23,24)(H,26,27). The molecule has 2 unspecified atom stereocenters. The lowest BCUT2D eigenvalue weighted by Gasteiger charge is -2.39. The van der Waals surface area contributed by atoms with Gasteiger partial charge in [-0.3, -0.25) is 9.59 Å². The number of aromatic amines is 1. The van der Waals surface area contributed by atoms with E-state index in [9.17, 15) is 14.7 Å². The monoisotopic (exact) mass is 383 g/mol. The molecule has 2 atom stereocenters. The van der Waals surface area contributed by atoms with Crippen molar-refractivity contribution in [3.63, 3.8) is 0 Å². The van der Waals surface area contributed by atoms with Gasteiger partial charge in [0, 0.05) is 31.8 Å². The Bertz CT molecular complexity index is 869. The summed E-state index contributed by atoms with van der Waals surface area (Å²) in [4.78, 5) is 34.3. The number of fused-ring (bicyclic) bond motifs is 1. The molecule has 1 aliphatic heterocycles. The minimum Gasteiger partial charge on any atom is -0.481 e. The van der Waals surface area contributed by atoms with Gasteiger partial charge in [-0.1, -0.05) is 18.9 Å². The summed E-state index contributed by atoms with van der Waals surface area (Å²) in [7, 11) is 0. The Morgan fingerprint density at radius 1 is 1.21 bits per heavy atom. The number of hydrogen-bond acceptors (Lipinski definition) is 3. The fourth-order valence-electron chi connectivity index (χ4n) is 4.96. The van der Waals surface area contributed by atoms with Crippen molar-refractivity contribution in [2.24, 2.45) is 17.8 Å². The van der Waals surface area contributed by atoms with Crippen LogP contribution >= 0.6 is 0 Å². The molecule has 1 saturated heterocycles. The largest absolute Gasteiger partial charge is 0.481 e. The van der Waals surface area contributed by atoms with Crippen LogP contribution in [-0.4, -0.2) is 44.9 Å². The molecule has 1 saturated carbocycles. The van der Waals surface area contributed by atoms with E-state index in [0.29, 0.717) is 19.5 Å². The number of amides is 1. The molecule has 6 heteroatoms. The molecular formula is C22H29N3O3. The minimum absolute atomic E-state index is 0.0834. The highest BCUT2D eigenvalue weighted by Crippen LogP contribution is 2.33. The molecule has 2 fully saturated rings. The molecule has 1 aromatic carbocycles. The smallest absolute Gasteiger partial charge is 0.303 e. The van der Waals surface area contributed by atoms with E-state index in [1.807, 2.05) is 17.0 Å². The molecule has 0 radical (unpaired) electrons. The Hall–Kier alpha value is -2.37. The first-order chi connectivity index (χ1) is 13.5. The van der Waals surface area contributed by atoms with Crippen LogP contribution in [0.2, 0.25) is 0 Å². The van der Waals surface area contributed by atoms with Crippen molar-refractivity contribution in [2.75, 3.05) is 13.1 Å². The zero-order valence-corrected chi connectivity index (χ0v) is 16.5. The van der Waals surface area contributed by atoms with E-state index >= 15 is 0 Å². The molecule has 2 heterocycles. The second kappa shape index (κ2) is 7.94. The molecule has 4 rings (SSSR count). The van der Waals surface area contributed by atoms with E-state index in [0.717, 1.165) is 49.0 Å². The van der Waals surface area contributed by atoms with E-state index < -0.39 is 5.97 Å².